The molecular formula is C16H19BrN4O3S. The van der Waals surface area contributed by atoms with E-state index in [0.29, 0.717) is 36.9 Å². The summed E-state index contributed by atoms with van der Waals surface area (Å²) in [4.78, 5) is 23.7. The van der Waals surface area contributed by atoms with Gasteiger partial charge in [0.05, 0.1) is 13.0 Å². The Bertz CT molecular complexity index is 723. The number of anilines is 1. The fraction of sp³-hybridized carbons (Fsp3) is 0.375. The molecule has 2 amide bonds. The lowest BCUT2D eigenvalue weighted by atomic mass is 10.2. The molecule has 0 aliphatic heterocycles. The van der Waals surface area contributed by atoms with E-state index in [4.69, 9.17) is 4.74 Å². The molecule has 25 heavy (non-hydrogen) atoms. The number of nitrogens with one attached hydrogen (secondary N) is 2. The molecule has 1 aromatic carbocycles. The molecule has 0 unspecified atom stereocenters. The van der Waals surface area contributed by atoms with Gasteiger partial charge in [-0.1, -0.05) is 33.3 Å². The summed E-state index contributed by atoms with van der Waals surface area (Å²) in [5.41, 5.74) is 0.592. The number of benzene rings is 1. The molecule has 0 saturated heterocycles. The van der Waals surface area contributed by atoms with Crippen molar-refractivity contribution < 1.29 is 14.3 Å². The summed E-state index contributed by atoms with van der Waals surface area (Å²) in [5.74, 6) is -0.297. The van der Waals surface area contributed by atoms with Gasteiger partial charge in [0.1, 0.15) is 5.01 Å². The monoisotopic (exact) mass is 426 g/mol. The third kappa shape index (κ3) is 6.89. The van der Waals surface area contributed by atoms with Crippen LogP contribution in [0, 0.1) is 0 Å². The predicted octanol–water partition coefficient (Wildman–Crippen LogP) is 2.64. The Hall–Kier alpha value is -1.84. The van der Waals surface area contributed by atoms with Crippen LogP contribution in [0.15, 0.2) is 28.7 Å². The van der Waals surface area contributed by atoms with Crippen LogP contribution in [0.5, 0.6) is 0 Å². The zero-order chi connectivity index (χ0) is 18.1. The van der Waals surface area contributed by atoms with E-state index in [0.717, 1.165) is 9.48 Å². The van der Waals surface area contributed by atoms with Crippen molar-refractivity contribution in [2.75, 3.05) is 25.1 Å². The Morgan fingerprint density at radius 2 is 2.16 bits per heavy atom. The van der Waals surface area contributed by atoms with Crippen LogP contribution < -0.4 is 10.6 Å². The second-order valence-corrected chi connectivity index (χ2v) is 6.99. The largest absolute Gasteiger partial charge is 0.381 e. The minimum atomic E-state index is -0.154. The fourth-order valence-corrected chi connectivity index (χ4v) is 3.07. The van der Waals surface area contributed by atoms with Gasteiger partial charge in [-0.2, -0.15) is 0 Å². The highest BCUT2D eigenvalue weighted by atomic mass is 79.9. The van der Waals surface area contributed by atoms with Crippen LogP contribution in [0.4, 0.5) is 5.13 Å². The first kappa shape index (κ1) is 19.5. The van der Waals surface area contributed by atoms with E-state index >= 15 is 0 Å². The van der Waals surface area contributed by atoms with Gasteiger partial charge >= 0.3 is 0 Å². The number of hydrogen-bond donors (Lipinski definition) is 2. The third-order valence-corrected chi connectivity index (χ3v) is 4.49. The lowest BCUT2D eigenvalue weighted by Gasteiger charge is -2.04. The number of amides is 2. The standard InChI is InChI=1S/C16H19BrN4O3S/c1-2-24-9-7-13(22)19-16-21-20-14(25-16)6-8-18-15(23)11-4-3-5-12(17)10-11/h3-5,10H,2,6-9H2,1H3,(H,18,23)(H,19,21,22). The Morgan fingerprint density at radius 3 is 2.92 bits per heavy atom. The van der Waals surface area contributed by atoms with Crippen molar-refractivity contribution in [1.82, 2.24) is 15.5 Å². The summed E-state index contributed by atoms with van der Waals surface area (Å²) < 4.78 is 5.99. The molecule has 2 N–H and O–H groups in total. The van der Waals surface area contributed by atoms with Crippen molar-refractivity contribution in [2.24, 2.45) is 0 Å². The smallest absolute Gasteiger partial charge is 0.251 e. The van der Waals surface area contributed by atoms with E-state index in [-0.39, 0.29) is 18.2 Å². The van der Waals surface area contributed by atoms with Gasteiger partial charge < -0.3 is 15.4 Å². The highest BCUT2D eigenvalue weighted by Crippen LogP contribution is 2.16. The van der Waals surface area contributed by atoms with E-state index in [1.807, 2.05) is 19.1 Å². The van der Waals surface area contributed by atoms with Crippen LogP contribution >= 0.6 is 27.3 Å². The maximum absolute atomic E-state index is 12.0. The van der Waals surface area contributed by atoms with Gasteiger partial charge in [0, 0.05) is 29.6 Å². The summed E-state index contributed by atoms with van der Waals surface area (Å²) in [7, 11) is 0. The van der Waals surface area contributed by atoms with Gasteiger partial charge in [-0.05, 0) is 25.1 Å². The number of hydrogen-bond acceptors (Lipinski definition) is 6. The van der Waals surface area contributed by atoms with Crippen LogP contribution in [-0.2, 0) is 16.0 Å². The Morgan fingerprint density at radius 1 is 1.32 bits per heavy atom. The number of nitrogens with zero attached hydrogens (tertiary/aromatic N) is 2. The van der Waals surface area contributed by atoms with Crippen molar-refractivity contribution in [3.8, 4) is 0 Å². The summed E-state index contributed by atoms with van der Waals surface area (Å²) in [5, 5.41) is 14.7. The third-order valence-electron chi connectivity index (χ3n) is 3.10. The van der Waals surface area contributed by atoms with Crippen molar-refractivity contribution in [3.05, 3.63) is 39.3 Å². The fourth-order valence-electron chi connectivity index (χ4n) is 1.91. The molecule has 0 atom stereocenters. The Labute approximate surface area is 158 Å². The zero-order valence-electron chi connectivity index (χ0n) is 13.8. The molecule has 2 aromatic rings. The number of aromatic nitrogens is 2. The second-order valence-electron chi connectivity index (χ2n) is 5.01. The molecule has 0 fully saturated rings. The van der Waals surface area contributed by atoms with E-state index < -0.39 is 0 Å². The molecule has 134 valence electrons. The lowest BCUT2D eigenvalue weighted by Crippen LogP contribution is -2.25. The molecule has 1 heterocycles. The second kappa shape index (κ2) is 10.2. The average Bonchev–Trinajstić information content (AvgIpc) is 3.02. The summed E-state index contributed by atoms with van der Waals surface area (Å²) in [6.07, 6.45) is 0.831. The SMILES string of the molecule is CCOCCC(=O)Nc1nnc(CCNC(=O)c2cccc(Br)c2)s1. The zero-order valence-corrected chi connectivity index (χ0v) is 16.2. The van der Waals surface area contributed by atoms with E-state index in [9.17, 15) is 9.59 Å². The molecule has 0 saturated carbocycles. The van der Waals surface area contributed by atoms with Crippen molar-refractivity contribution in [3.63, 3.8) is 0 Å². The molecule has 1 aromatic heterocycles. The van der Waals surface area contributed by atoms with Gasteiger partial charge in [-0.25, -0.2) is 0 Å². The molecular weight excluding hydrogens is 408 g/mol. The predicted molar refractivity (Wildman–Crippen MR) is 99.8 cm³/mol. The van der Waals surface area contributed by atoms with Crippen LogP contribution in [0.25, 0.3) is 0 Å². The molecule has 2 rings (SSSR count). The summed E-state index contributed by atoms with van der Waals surface area (Å²) in [6, 6.07) is 7.18. The molecule has 0 radical (unpaired) electrons. The van der Waals surface area contributed by atoms with Crippen molar-refractivity contribution in [1.29, 1.82) is 0 Å². The van der Waals surface area contributed by atoms with Crippen LogP contribution in [-0.4, -0.2) is 41.8 Å². The lowest BCUT2D eigenvalue weighted by molar-refractivity contribution is -0.117. The van der Waals surface area contributed by atoms with Crippen molar-refractivity contribution in [2.45, 2.75) is 19.8 Å². The van der Waals surface area contributed by atoms with E-state index in [1.165, 1.54) is 11.3 Å². The van der Waals surface area contributed by atoms with Crippen LogP contribution in [0.2, 0.25) is 0 Å². The topological polar surface area (TPSA) is 93.2 Å². The first-order valence-electron chi connectivity index (χ1n) is 7.82. The Balaban J connectivity index is 1.74. The first-order valence-corrected chi connectivity index (χ1v) is 9.43. The Kier molecular flexibility index (Phi) is 7.96. The minimum Gasteiger partial charge on any atom is -0.381 e. The van der Waals surface area contributed by atoms with Gasteiger partial charge in [-0.15, -0.1) is 10.2 Å². The highest BCUT2D eigenvalue weighted by molar-refractivity contribution is 9.10. The maximum Gasteiger partial charge on any atom is 0.251 e. The summed E-state index contributed by atoms with van der Waals surface area (Å²) in [6.45, 7) is 3.29. The normalized spacial score (nSPS) is 10.5. The van der Waals surface area contributed by atoms with Gasteiger partial charge in [-0.3, -0.25) is 9.59 Å². The van der Waals surface area contributed by atoms with Crippen LogP contribution in [0.1, 0.15) is 28.7 Å². The summed E-state index contributed by atoms with van der Waals surface area (Å²) >= 11 is 4.63. The maximum atomic E-state index is 12.0. The van der Waals surface area contributed by atoms with E-state index in [1.54, 1.807) is 12.1 Å². The minimum absolute atomic E-state index is 0.143. The number of carbonyl (C=O) groups is 2. The quantitative estimate of drug-likeness (QED) is 0.601. The van der Waals surface area contributed by atoms with Crippen LogP contribution in [0.3, 0.4) is 0 Å². The molecule has 0 aliphatic carbocycles. The molecule has 0 bridgehead atoms. The number of rotatable bonds is 9. The van der Waals surface area contributed by atoms with E-state index in [2.05, 4.69) is 36.8 Å². The number of ether oxygens (including phenoxy) is 1. The molecule has 0 aliphatic rings. The first-order chi connectivity index (χ1) is 12.1. The average molecular weight is 427 g/mol. The van der Waals surface area contributed by atoms with Gasteiger partial charge in [0.15, 0.2) is 0 Å². The number of carbonyl (C=O) groups excluding carboxylic acids is 2. The highest BCUT2D eigenvalue weighted by Gasteiger charge is 2.09. The van der Waals surface area contributed by atoms with Gasteiger partial charge in [0.2, 0.25) is 11.0 Å². The molecule has 9 heteroatoms. The van der Waals surface area contributed by atoms with Gasteiger partial charge in [0.25, 0.3) is 5.91 Å². The molecule has 0 spiro atoms. The van der Waals surface area contributed by atoms with Crippen molar-refractivity contribution >= 4 is 44.2 Å². The molecule has 7 nitrogen and oxygen atoms in total. The number of halogens is 1.